The standard InChI is InChI=1S/C14H10BrO2/c1-17-14(16)12-8-3-2-6-10(12)11-7-4-5-9-13(11)15/h2-7,9H,1H3. The summed E-state index contributed by atoms with van der Waals surface area (Å²) in [6, 6.07) is 16.1. The van der Waals surface area contributed by atoms with Gasteiger partial charge in [0.25, 0.3) is 0 Å². The highest BCUT2D eigenvalue weighted by Crippen LogP contribution is 2.30. The second kappa shape index (κ2) is 5.15. The topological polar surface area (TPSA) is 26.3 Å². The number of carbonyl (C=O) groups excluding carboxylic acids is 1. The molecule has 0 saturated carbocycles. The molecule has 0 aromatic heterocycles. The summed E-state index contributed by atoms with van der Waals surface area (Å²) in [4.78, 5) is 11.7. The molecule has 0 amide bonds. The molecule has 0 unspecified atom stereocenters. The van der Waals surface area contributed by atoms with E-state index < -0.39 is 0 Å². The SMILES string of the molecule is COC(=O)c1[c]cccc1-c1ccccc1Br. The minimum atomic E-state index is -0.378. The van der Waals surface area contributed by atoms with E-state index in [-0.39, 0.29) is 5.97 Å². The predicted molar refractivity (Wildman–Crippen MR) is 69.8 cm³/mol. The Morgan fingerprint density at radius 2 is 1.88 bits per heavy atom. The van der Waals surface area contributed by atoms with E-state index in [0.29, 0.717) is 5.56 Å². The molecule has 0 aliphatic carbocycles. The number of hydrogen-bond donors (Lipinski definition) is 0. The Morgan fingerprint density at radius 1 is 1.18 bits per heavy atom. The first-order chi connectivity index (χ1) is 8.24. The van der Waals surface area contributed by atoms with Crippen LogP contribution in [-0.2, 0) is 4.74 Å². The van der Waals surface area contributed by atoms with Crippen molar-refractivity contribution < 1.29 is 9.53 Å². The Balaban J connectivity index is 2.60. The van der Waals surface area contributed by atoms with E-state index in [1.165, 1.54) is 7.11 Å². The van der Waals surface area contributed by atoms with Crippen LogP contribution < -0.4 is 0 Å². The fourth-order valence-electron chi connectivity index (χ4n) is 1.61. The Hall–Kier alpha value is -1.61. The second-order valence-electron chi connectivity index (χ2n) is 3.43. The minimum Gasteiger partial charge on any atom is -0.465 e. The molecule has 0 aliphatic rings. The quantitative estimate of drug-likeness (QED) is 0.788. The van der Waals surface area contributed by atoms with Gasteiger partial charge in [-0.25, -0.2) is 4.79 Å². The summed E-state index contributed by atoms with van der Waals surface area (Å²) < 4.78 is 5.69. The van der Waals surface area contributed by atoms with Crippen molar-refractivity contribution in [3.63, 3.8) is 0 Å². The van der Waals surface area contributed by atoms with Gasteiger partial charge in [0.1, 0.15) is 0 Å². The molecule has 17 heavy (non-hydrogen) atoms. The molecule has 0 heterocycles. The van der Waals surface area contributed by atoms with Crippen molar-refractivity contribution in [1.29, 1.82) is 0 Å². The summed E-state index contributed by atoms with van der Waals surface area (Å²) in [7, 11) is 1.37. The fraction of sp³-hybridized carbons (Fsp3) is 0.0714. The maximum atomic E-state index is 11.7. The lowest BCUT2D eigenvalue weighted by Gasteiger charge is -2.09. The highest BCUT2D eigenvalue weighted by molar-refractivity contribution is 9.10. The zero-order valence-corrected chi connectivity index (χ0v) is 10.8. The van der Waals surface area contributed by atoms with Crippen LogP contribution in [-0.4, -0.2) is 13.1 Å². The van der Waals surface area contributed by atoms with Gasteiger partial charge < -0.3 is 4.74 Å². The lowest BCUT2D eigenvalue weighted by Crippen LogP contribution is -2.03. The molecule has 0 saturated heterocycles. The van der Waals surface area contributed by atoms with Crippen molar-refractivity contribution in [3.8, 4) is 11.1 Å². The van der Waals surface area contributed by atoms with Crippen LogP contribution in [0.4, 0.5) is 0 Å². The highest BCUT2D eigenvalue weighted by Gasteiger charge is 2.14. The van der Waals surface area contributed by atoms with E-state index >= 15 is 0 Å². The van der Waals surface area contributed by atoms with Crippen molar-refractivity contribution in [3.05, 3.63) is 58.6 Å². The Morgan fingerprint density at radius 3 is 2.59 bits per heavy atom. The average Bonchev–Trinajstić information content (AvgIpc) is 2.38. The second-order valence-corrected chi connectivity index (χ2v) is 4.28. The van der Waals surface area contributed by atoms with E-state index in [0.717, 1.165) is 15.6 Å². The van der Waals surface area contributed by atoms with Gasteiger partial charge in [-0.3, -0.25) is 0 Å². The van der Waals surface area contributed by atoms with Gasteiger partial charge in [0.15, 0.2) is 0 Å². The van der Waals surface area contributed by atoms with Gasteiger partial charge in [-0.15, -0.1) is 0 Å². The molecule has 0 atom stereocenters. The van der Waals surface area contributed by atoms with Crippen molar-refractivity contribution in [2.75, 3.05) is 7.11 Å². The minimum absolute atomic E-state index is 0.378. The molecule has 3 heteroatoms. The van der Waals surface area contributed by atoms with Crippen LogP contribution in [0.2, 0.25) is 0 Å². The zero-order valence-electron chi connectivity index (χ0n) is 9.24. The number of halogens is 1. The summed E-state index contributed by atoms with van der Waals surface area (Å²) >= 11 is 3.47. The van der Waals surface area contributed by atoms with Gasteiger partial charge in [-0.2, -0.15) is 0 Å². The molecular weight excluding hydrogens is 280 g/mol. The van der Waals surface area contributed by atoms with Crippen LogP contribution in [0.1, 0.15) is 10.4 Å². The molecule has 2 nitrogen and oxygen atoms in total. The molecule has 0 N–H and O–H groups in total. The molecule has 85 valence electrons. The summed E-state index contributed by atoms with van der Waals surface area (Å²) in [5.74, 6) is -0.378. The van der Waals surface area contributed by atoms with E-state index in [1.807, 2.05) is 36.4 Å². The van der Waals surface area contributed by atoms with Crippen LogP contribution in [0.15, 0.2) is 46.9 Å². The van der Waals surface area contributed by atoms with Gasteiger partial charge in [0.2, 0.25) is 0 Å². The number of ether oxygens (including phenoxy) is 1. The summed E-state index contributed by atoms with van der Waals surface area (Å²) in [6.45, 7) is 0. The van der Waals surface area contributed by atoms with Crippen LogP contribution >= 0.6 is 15.9 Å². The lowest BCUT2D eigenvalue weighted by molar-refractivity contribution is 0.0601. The number of hydrogen-bond acceptors (Lipinski definition) is 2. The Labute approximate surface area is 108 Å². The number of methoxy groups -OCH3 is 1. The molecule has 2 aromatic carbocycles. The van der Waals surface area contributed by atoms with E-state index in [4.69, 9.17) is 4.74 Å². The Kier molecular flexibility index (Phi) is 3.59. The summed E-state index contributed by atoms with van der Waals surface area (Å²) in [6.07, 6.45) is 0. The van der Waals surface area contributed by atoms with Gasteiger partial charge in [-0.05, 0) is 23.3 Å². The average molecular weight is 290 g/mol. The monoisotopic (exact) mass is 289 g/mol. The van der Waals surface area contributed by atoms with Crippen molar-refractivity contribution >= 4 is 21.9 Å². The maximum absolute atomic E-state index is 11.7. The number of rotatable bonds is 2. The molecule has 0 aliphatic heterocycles. The normalized spacial score (nSPS) is 10.0. The fourth-order valence-corrected chi connectivity index (χ4v) is 2.11. The van der Waals surface area contributed by atoms with E-state index in [2.05, 4.69) is 22.0 Å². The zero-order chi connectivity index (χ0) is 12.3. The molecule has 2 rings (SSSR count). The van der Waals surface area contributed by atoms with Crippen molar-refractivity contribution in [2.24, 2.45) is 0 Å². The first-order valence-electron chi connectivity index (χ1n) is 5.08. The highest BCUT2D eigenvalue weighted by atomic mass is 79.9. The van der Waals surface area contributed by atoms with Gasteiger partial charge >= 0.3 is 5.97 Å². The van der Waals surface area contributed by atoms with Crippen molar-refractivity contribution in [1.82, 2.24) is 0 Å². The smallest absolute Gasteiger partial charge is 0.339 e. The van der Waals surface area contributed by atoms with E-state index in [1.54, 1.807) is 6.07 Å². The molecule has 2 aromatic rings. The Bertz CT molecular complexity index is 549. The maximum Gasteiger partial charge on any atom is 0.339 e. The third kappa shape index (κ3) is 2.39. The first kappa shape index (κ1) is 11.9. The van der Waals surface area contributed by atoms with Crippen molar-refractivity contribution in [2.45, 2.75) is 0 Å². The molecule has 0 bridgehead atoms. The lowest BCUT2D eigenvalue weighted by atomic mass is 10.00. The number of benzene rings is 2. The van der Waals surface area contributed by atoms with Crippen LogP contribution in [0.3, 0.4) is 0 Å². The van der Waals surface area contributed by atoms with Crippen LogP contribution in [0, 0.1) is 6.07 Å². The van der Waals surface area contributed by atoms with Crippen LogP contribution in [0.5, 0.6) is 0 Å². The largest absolute Gasteiger partial charge is 0.465 e. The van der Waals surface area contributed by atoms with Crippen LogP contribution in [0.25, 0.3) is 11.1 Å². The third-order valence-corrected chi connectivity index (χ3v) is 3.10. The molecule has 0 fully saturated rings. The third-order valence-electron chi connectivity index (χ3n) is 2.41. The summed E-state index contributed by atoms with van der Waals surface area (Å²) in [5.41, 5.74) is 2.21. The molecule has 0 spiro atoms. The summed E-state index contributed by atoms with van der Waals surface area (Å²) in [5, 5.41) is 0. The van der Waals surface area contributed by atoms with Gasteiger partial charge in [-0.1, -0.05) is 52.3 Å². The molecule has 1 radical (unpaired) electrons. The number of esters is 1. The number of carbonyl (C=O) groups is 1. The molecular formula is C14H10BrO2. The van der Waals surface area contributed by atoms with Gasteiger partial charge in [0.05, 0.1) is 12.7 Å². The van der Waals surface area contributed by atoms with Gasteiger partial charge in [0, 0.05) is 4.47 Å². The first-order valence-corrected chi connectivity index (χ1v) is 5.87. The van der Waals surface area contributed by atoms with E-state index in [9.17, 15) is 4.79 Å². The predicted octanol–water partition coefficient (Wildman–Crippen LogP) is 3.70.